The van der Waals surface area contributed by atoms with Crippen LogP contribution in [0, 0.1) is 0 Å². The molecule has 2 aliphatic carbocycles. The molecule has 0 bridgehead atoms. The van der Waals surface area contributed by atoms with Gasteiger partial charge in [-0.3, -0.25) is 0 Å². The van der Waals surface area contributed by atoms with Crippen LogP contribution in [0.1, 0.15) is 57.4 Å². The van der Waals surface area contributed by atoms with E-state index in [1.165, 1.54) is 17.9 Å². The van der Waals surface area contributed by atoms with Crippen LogP contribution in [0.25, 0.3) is 5.57 Å². The predicted octanol–water partition coefficient (Wildman–Crippen LogP) is 4.80. The Bertz CT molecular complexity index is 980. The van der Waals surface area contributed by atoms with Crippen molar-refractivity contribution >= 4 is 21.6 Å². The van der Waals surface area contributed by atoms with Gasteiger partial charge in [-0.2, -0.15) is 8.42 Å². The van der Waals surface area contributed by atoms with E-state index in [4.69, 9.17) is 4.42 Å². The molecule has 7 heteroatoms. The molecule has 0 unspecified atom stereocenters. The summed E-state index contributed by atoms with van der Waals surface area (Å²) in [5, 5.41) is 2.42. The zero-order chi connectivity index (χ0) is 20.3. The summed E-state index contributed by atoms with van der Waals surface area (Å²) < 4.78 is 32.0. The maximum Gasteiger partial charge on any atom is 0.333 e. The van der Waals surface area contributed by atoms with E-state index in [0.29, 0.717) is 16.8 Å². The largest absolute Gasteiger partial charge is 0.451 e. The van der Waals surface area contributed by atoms with Crippen molar-refractivity contribution in [3.63, 3.8) is 0 Å². The molecule has 1 heterocycles. The van der Waals surface area contributed by atoms with Gasteiger partial charge in [-0.25, -0.2) is 9.52 Å². The summed E-state index contributed by atoms with van der Waals surface area (Å²) >= 11 is 0. The van der Waals surface area contributed by atoms with E-state index in [1.54, 1.807) is 6.92 Å². The van der Waals surface area contributed by atoms with Gasteiger partial charge in [-0.1, -0.05) is 19.2 Å². The second kappa shape index (κ2) is 8.22. The number of carbonyl (C=O) groups is 1. The summed E-state index contributed by atoms with van der Waals surface area (Å²) in [6.07, 6.45) is 10.2. The second-order valence-corrected chi connectivity index (χ2v) is 8.89. The van der Waals surface area contributed by atoms with Crippen molar-refractivity contribution in [1.29, 1.82) is 0 Å². The van der Waals surface area contributed by atoms with Gasteiger partial charge in [0.25, 0.3) is 10.0 Å². The minimum absolute atomic E-state index is 0.326. The van der Waals surface area contributed by atoms with Gasteiger partial charge in [0, 0.05) is 17.3 Å². The first-order chi connectivity index (χ1) is 13.3. The third-order valence-electron chi connectivity index (χ3n) is 5.04. The number of amides is 2. The van der Waals surface area contributed by atoms with E-state index in [1.807, 2.05) is 4.72 Å². The predicted molar refractivity (Wildman–Crippen MR) is 109 cm³/mol. The molecule has 0 atom stereocenters. The van der Waals surface area contributed by atoms with Crippen LogP contribution in [0.2, 0.25) is 0 Å². The fourth-order valence-electron chi connectivity index (χ4n) is 3.53. The van der Waals surface area contributed by atoms with Gasteiger partial charge < -0.3 is 9.73 Å². The summed E-state index contributed by atoms with van der Waals surface area (Å²) in [4.78, 5) is 12.5. The lowest BCUT2D eigenvalue weighted by Crippen LogP contribution is -2.39. The van der Waals surface area contributed by atoms with Crippen molar-refractivity contribution in [1.82, 2.24) is 10.0 Å². The molecule has 2 amide bonds. The molecule has 0 aromatic carbocycles. The molecule has 1 aromatic rings. The van der Waals surface area contributed by atoms with Gasteiger partial charge in [0.1, 0.15) is 0 Å². The lowest BCUT2D eigenvalue weighted by molar-refractivity contribution is 0.248. The number of hydrogen-bond acceptors (Lipinski definition) is 4. The van der Waals surface area contributed by atoms with Gasteiger partial charge in [0.15, 0.2) is 0 Å². The number of rotatable bonds is 4. The van der Waals surface area contributed by atoms with E-state index in [2.05, 4.69) is 24.6 Å². The Labute approximate surface area is 166 Å². The Morgan fingerprint density at radius 3 is 2.68 bits per heavy atom. The SMILES string of the molecule is C=C1CCCC/C=C2/CCC/C2=C/1NC(=O)NS(=O)(=O)c1cc(C(=C)C)co1. The minimum Gasteiger partial charge on any atom is -0.451 e. The van der Waals surface area contributed by atoms with Crippen LogP contribution in [0.15, 0.2) is 63.5 Å². The van der Waals surface area contributed by atoms with E-state index >= 15 is 0 Å². The Morgan fingerprint density at radius 2 is 1.96 bits per heavy atom. The summed E-state index contributed by atoms with van der Waals surface area (Å²) in [5.74, 6) is 0. The fraction of sp³-hybridized carbons (Fsp3) is 0.381. The molecule has 6 nitrogen and oxygen atoms in total. The van der Waals surface area contributed by atoms with E-state index in [9.17, 15) is 13.2 Å². The average Bonchev–Trinajstić information content (AvgIpc) is 3.28. The normalized spacial score (nSPS) is 22.3. The molecule has 28 heavy (non-hydrogen) atoms. The van der Waals surface area contributed by atoms with Crippen molar-refractivity contribution in [2.75, 3.05) is 0 Å². The molecular weight excluding hydrogens is 376 g/mol. The first-order valence-electron chi connectivity index (χ1n) is 9.47. The highest BCUT2D eigenvalue weighted by molar-refractivity contribution is 7.89. The molecule has 1 saturated carbocycles. The highest BCUT2D eigenvalue weighted by Gasteiger charge is 2.25. The van der Waals surface area contributed by atoms with Crippen molar-refractivity contribution in [3.05, 3.63) is 59.5 Å². The van der Waals surface area contributed by atoms with Gasteiger partial charge in [0.05, 0.1) is 6.26 Å². The molecule has 0 radical (unpaired) electrons. The van der Waals surface area contributed by atoms with Gasteiger partial charge >= 0.3 is 6.03 Å². The Morgan fingerprint density at radius 1 is 1.18 bits per heavy atom. The number of sulfonamides is 1. The quantitative estimate of drug-likeness (QED) is 0.757. The fourth-order valence-corrected chi connectivity index (χ4v) is 4.38. The monoisotopic (exact) mass is 402 g/mol. The summed E-state index contributed by atoms with van der Waals surface area (Å²) in [6.45, 7) is 9.61. The van der Waals surface area contributed by atoms with E-state index < -0.39 is 16.1 Å². The summed E-state index contributed by atoms with van der Waals surface area (Å²) in [5.41, 5.74) is 5.03. The van der Waals surface area contributed by atoms with Crippen LogP contribution in [0.3, 0.4) is 0 Å². The molecule has 0 saturated heterocycles. The standard InChI is InChI=1S/C21H26N2O4S/c1-14(2)17-12-19(27-13-17)28(25,26)23-21(24)22-20-15(3)8-5-4-6-9-16-10-7-11-18(16)20/h9,12-13H,1,3-8,10-11H2,2H3,(H2,22,23,24)/b16-9-,20-18+. The number of carbonyl (C=O) groups excluding carboxylic acids is 1. The minimum atomic E-state index is -4.12. The van der Waals surface area contributed by atoms with E-state index in [-0.39, 0.29) is 5.09 Å². The van der Waals surface area contributed by atoms with Crippen molar-refractivity contribution < 1.29 is 17.6 Å². The van der Waals surface area contributed by atoms with Crippen molar-refractivity contribution in [3.8, 4) is 0 Å². The molecule has 0 spiro atoms. The molecule has 1 fully saturated rings. The molecule has 2 N–H and O–H groups in total. The summed E-state index contributed by atoms with van der Waals surface area (Å²) in [7, 11) is -4.12. The summed E-state index contributed by atoms with van der Waals surface area (Å²) in [6, 6.07) is 0.527. The lowest BCUT2D eigenvalue weighted by atomic mass is 10.0. The van der Waals surface area contributed by atoms with Crippen LogP contribution >= 0.6 is 0 Å². The maximum atomic E-state index is 12.5. The van der Waals surface area contributed by atoms with Crippen LogP contribution < -0.4 is 10.0 Å². The highest BCUT2D eigenvalue weighted by atomic mass is 32.2. The second-order valence-electron chi connectivity index (χ2n) is 7.28. The molecule has 150 valence electrons. The Hall–Kier alpha value is -2.54. The van der Waals surface area contributed by atoms with Gasteiger partial charge in [0.2, 0.25) is 5.09 Å². The number of allylic oxidation sites excluding steroid dienone is 5. The smallest absolute Gasteiger partial charge is 0.333 e. The Balaban J connectivity index is 1.81. The molecule has 2 aliphatic rings. The van der Waals surface area contributed by atoms with Crippen molar-refractivity contribution in [2.24, 2.45) is 0 Å². The average molecular weight is 403 g/mol. The van der Waals surface area contributed by atoms with Crippen LogP contribution in [0.5, 0.6) is 0 Å². The first kappa shape index (κ1) is 20.2. The number of nitrogens with one attached hydrogen (secondary N) is 2. The van der Waals surface area contributed by atoms with Crippen molar-refractivity contribution in [2.45, 2.75) is 57.0 Å². The number of urea groups is 1. The van der Waals surface area contributed by atoms with Gasteiger partial charge in [-0.15, -0.1) is 0 Å². The third-order valence-corrected chi connectivity index (χ3v) is 6.24. The Kier molecular flexibility index (Phi) is 5.93. The third kappa shape index (κ3) is 4.47. The topological polar surface area (TPSA) is 88.4 Å². The van der Waals surface area contributed by atoms with Gasteiger partial charge in [-0.05, 0) is 74.2 Å². The molecule has 3 rings (SSSR count). The van der Waals surface area contributed by atoms with Crippen LogP contribution in [-0.2, 0) is 10.0 Å². The molecular formula is C21H26N2O4S. The maximum absolute atomic E-state index is 12.5. The molecule has 1 aromatic heterocycles. The number of fused-ring (bicyclic) bond motifs is 1. The number of hydrogen-bond donors (Lipinski definition) is 2. The lowest BCUT2D eigenvalue weighted by Gasteiger charge is -2.16. The first-order valence-corrected chi connectivity index (χ1v) is 10.9. The zero-order valence-electron chi connectivity index (χ0n) is 16.1. The molecule has 0 aliphatic heterocycles. The van der Waals surface area contributed by atoms with E-state index in [0.717, 1.165) is 56.1 Å². The highest BCUT2D eigenvalue weighted by Crippen LogP contribution is 2.36. The number of furan rings is 1. The van der Waals surface area contributed by atoms with Crippen LogP contribution in [0.4, 0.5) is 4.79 Å². The zero-order valence-corrected chi connectivity index (χ0v) is 17.0. The van der Waals surface area contributed by atoms with Crippen LogP contribution in [-0.4, -0.2) is 14.4 Å².